The van der Waals surface area contributed by atoms with Gasteiger partial charge in [-0.1, -0.05) is 48.5 Å². The van der Waals surface area contributed by atoms with Crippen LogP contribution in [-0.2, 0) is 24.3 Å². The van der Waals surface area contributed by atoms with Gasteiger partial charge >= 0.3 is 0 Å². The number of benzene rings is 3. The number of thiazole rings is 1. The summed E-state index contributed by atoms with van der Waals surface area (Å²) in [5.41, 5.74) is 4.64. The summed E-state index contributed by atoms with van der Waals surface area (Å²) in [4.78, 5) is 21.7. The second-order valence-electron chi connectivity index (χ2n) is 9.16. The van der Waals surface area contributed by atoms with Gasteiger partial charge in [-0.15, -0.1) is 35.1 Å². The molecule has 2 aromatic heterocycles. The van der Waals surface area contributed by atoms with E-state index in [0.717, 1.165) is 51.8 Å². The predicted molar refractivity (Wildman–Crippen MR) is 162 cm³/mol. The molecule has 0 bridgehead atoms. The van der Waals surface area contributed by atoms with Gasteiger partial charge in [0.25, 0.3) is 5.91 Å². The summed E-state index contributed by atoms with van der Waals surface area (Å²) in [5, 5.41) is 4.94. The molecule has 0 aliphatic carbocycles. The summed E-state index contributed by atoms with van der Waals surface area (Å²) in [6, 6.07) is 26.0. The van der Waals surface area contributed by atoms with E-state index in [1.165, 1.54) is 16.0 Å². The molecule has 0 unspecified atom stereocenters. The summed E-state index contributed by atoms with van der Waals surface area (Å²) < 4.78 is 12.1. The van der Waals surface area contributed by atoms with Gasteiger partial charge in [0, 0.05) is 36.1 Å². The molecule has 1 aliphatic rings. The summed E-state index contributed by atoms with van der Waals surface area (Å²) in [6.45, 7) is 2.63. The molecule has 0 saturated heterocycles. The van der Waals surface area contributed by atoms with Crippen molar-refractivity contribution < 1.29 is 14.3 Å². The van der Waals surface area contributed by atoms with Crippen LogP contribution in [0.3, 0.4) is 0 Å². The van der Waals surface area contributed by atoms with Crippen molar-refractivity contribution in [3.63, 3.8) is 0 Å². The van der Waals surface area contributed by atoms with Crippen molar-refractivity contribution in [2.45, 2.75) is 19.5 Å². The van der Waals surface area contributed by atoms with Crippen molar-refractivity contribution in [1.29, 1.82) is 0 Å². The Kier molecular flexibility index (Phi) is 8.47. The number of halogens is 1. The number of aromatic nitrogens is 1. The molecular formula is C30H28ClN3O3S2. The van der Waals surface area contributed by atoms with Gasteiger partial charge in [0.1, 0.15) is 21.5 Å². The number of fused-ring (bicyclic) bond motifs is 2. The Morgan fingerprint density at radius 2 is 1.79 bits per heavy atom. The highest BCUT2D eigenvalue weighted by atomic mass is 35.5. The van der Waals surface area contributed by atoms with Crippen LogP contribution in [0.25, 0.3) is 20.8 Å². The minimum absolute atomic E-state index is 0. The van der Waals surface area contributed by atoms with E-state index in [0.29, 0.717) is 11.5 Å². The first-order chi connectivity index (χ1) is 18.7. The zero-order chi connectivity index (χ0) is 25.9. The number of nitrogens with one attached hydrogen (secondary N) is 1. The molecule has 200 valence electrons. The zero-order valence-electron chi connectivity index (χ0n) is 21.4. The van der Waals surface area contributed by atoms with Gasteiger partial charge < -0.3 is 14.8 Å². The maximum Gasteiger partial charge on any atom is 0.262 e. The Morgan fingerprint density at radius 1 is 1.00 bits per heavy atom. The molecule has 1 amide bonds. The fourth-order valence-corrected chi connectivity index (χ4v) is 7.15. The van der Waals surface area contributed by atoms with Crippen molar-refractivity contribution in [3.8, 4) is 22.1 Å². The van der Waals surface area contributed by atoms with Crippen LogP contribution >= 0.6 is 35.1 Å². The SMILES string of the molecule is COc1cccc(OCC(=O)Nc2sc3c(c2-c2nc4ccccc4s2)CCN(Cc2ccccc2)C3)c1.Cl. The number of carbonyl (C=O) groups excluding carboxylic acids is 1. The van der Waals surface area contributed by atoms with Gasteiger partial charge in [0.05, 0.1) is 17.3 Å². The lowest BCUT2D eigenvalue weighted by Gasteiger charge is -2.27. The molecule has 0 atom stereocenters. The Labute approximate surface area is 241 Å². The third-order valence-corrected chi connectivity index (χ3v) is 8.74. The van der Waals surface area contributed by atoms with Gasteiger partial charge in [-0.3, -0.25) is 9.69 Å². The normalized spacial score (nSPS) is 12.9. The molecule has 0 spiro atoms. The lowest BCUT2D eigenvalue weighted by molar-refractivity contribution is -0.118. The van der Waals surface area contributed by atoms with Crippen molar-refractivity contribution in [1.82, 2.24) is 9.88 Å². The number of thiophene rings is 1. The van der Waals surface area contributed by atoms with E-state index in [4.69, 9.17) is 14.5 Å². The fourth-order valence-electron chi connectivity index (χ4n) is 4.73. The lowest BCUT2D eigenvalue weighted by atomic mass is 10.0. The van der Waals surface area contributed by atoms with Crippen molar-refractivity contribution >= 4 is 56.2 Å². The molecule has 0 radical (unpaired) electrons. The predicted octanol–water partition coefficient (Wildman–Crippen LogP) is 7.03. The molecule has 1 aliphatic heterocycles. The quantitative estimate of drug-likeness (QED) is 0.214. The minimum atomic E-state index is -0.199. The summed E-state index contributed by atoms with van der Waals surface area (Å²) in [5.74, 6) is 1.08. The minimum Gasteiger partial charge on any atom is -0.497 e. The summed E-state index contributed by atoms with van der Waals surface area (Å²) >= 11 is 3.33. The topological polar surface area (TPSA) is 63.7 Å². The first kappa shape index (κ1) is 27.1. The third-order valence-electron chi connectivity index (χ3n) is 6.56. The number of rotatable bonds is 8. The Hall–Kier alpha value is -3.43. The molecule has 39 heavy (non-hydrogen) atoms. The monoisotopic (exact) mass is 577 g/mol. The van der Waals surface area contributed by atoms with Crippen LogP contribution in [0.2, 0.25) is 0 Å². The molecule has 1 N–H and O–H groups in total. The van der Waals surface area contributed by atoms with Gasteiger partial charge in [-0.05, 0) is 41.8 Å². The first-order valence-corrected chi connectivity index (χ1v) is 14.1. The van der Waals surface area contributed by atoms with Gasteiger partial charge in [-0.25, -0.2) is 4.98 Å². The number of nitrogens with zero attached hydrogens (tertiary/aromatic N) is 2. The standard InChI is InChI=1S/C30H27N3O3S2.ClH/c1-35-21-10-7-11-22(16-21)36-19-27(34)32-30-28(29-31-24-12-5-6-13-25(24)37-29)23-14-15-33(18-26(23)38-30)17-20-8-3-2-4-9-20;/h2-13,16H,14-15,17-19H2,1H3,(H,32,34);1H. The maximum atomic E-state index is 13.0. The number of amides is 1. The van der Waals surface area contributed by atoms with Crippen LogP contribution in [-0.4, -0.2) is 36.1 Å². The van der Waals surface area contributed by atoms with Crippen LogP contribution in [0.1, 0.15) is 16.0 Å². The molecule has 9 heteroatoms. The molecular weight excluding hydrogens is 550 g/mol. The smallest absolute Gasteiger partial charge is 0.262 e. The second kappa shape index (κ2) is 12.2. The number of hydrogen-bond acceptors (Lipinski definition) is 7. The van der Waals surface area contributed by atoms with Gasteiger partial charge in [0.15, 0.2) is 6.61 Å². The average molecular weight is 578 g/mol. The van der Waals surface area contributed by atoms with Crippen LogP contribution in [0.15, 0.2) is 78.9 Å². The number of anilines is 1. The summed E-state index contributed by atoms with van der Waals surface area (Å²) in [7, 11) is 1.61. The van der Waals surface area contributed by atoms with Gasteiger partial charge in [0.2, 0.25) is 0 Å². The van der Waals surface area contributed by atoms with E-state index >= 15 is 0 Å². The highest BCUT2D eigenvalue weighted by Gasteiger charge is 2.28. The van der Waals surface area contributed by atoms with Crippen LogP contribution in [0.5, 0.6) is 11.5 Å². The zero-order valence-corrected chi connectivity index (χ0v) is 23.8. The molecule has 6 nitrogen and oxygen atoms in total. The third kappa shape index (κ3) is 6.09. The lowest BCUT2D eigenvalue weighted by Crippen LogP contribution is -2.29. The molecule has 0 saturated carbocycles. The number of methoxy groups -OCH3 is 1. The average Bonchev–Trinajstić information content (AvgIpc) is 3.53. The highest BCUT2D eigenvalue weighted by Crippen LogP contribution is 2.45. The van der Waals surface area contributed by atoms with E-state index in [1.807, 2.05) is 42.5 Å². The first-order valence-electron chi connectivity index (χ1n) is 12.5. The fraction of sp³-hybridized carbons (Fsp3) is 0.200. The Morgan fingerprint density at radius 3 is 2.62 bits per heavy atom. The number of ether oxygens (including phenoxy) is 2. The van der Waals surface area contributed by atoms with E-state index in [1.54, 1.807) is 35.8 Å². The van der Waals surface area contributed by atoms with Crippen molar-refractivity contribution in [3.05, 3.63) is 94.9 Å². The Bertz CT molecular complexity index is 1550. The van der Waals surface area contributed by atoms with E-state index in [9.17, 15) is 4.79 Å². The van der Waals surface area contributed by atoms with Crippen molar-refractivity contribution in [2.24, 2.45) is 0 Å². The second-order valence-corrected chi connectivity index (χ2v) is 11.3. The molecule has 3 heterocycles. The van der Waals surface area contributed by atoms with Gasteiger partial charge in [-0.2, -0.15) is 0 Å². The number of carbonyl (C=O) groups is 1. The highest BCUT2D eigenvalue weighted by molar-refractivity contribution is 7.22. The van der Waals surface area contributed by atoms with Crippen LogP contribution < -0.4 is 14.8 Å². The molecule has 6 rings (SSSR count). The largest absolute Gasteiger partial charge is 0.497 e. The van der Waals surface area contributed by atoms with E-state index in [-0.39, 0.29) is 24.9 Å². The summed E-state index contributed by atoms with van der Waals surface area (Å²) in [6.07, 6.45) is 0.917. The molecule has 0 fully saturated rings. The Balaban J connectivity index is 0.00000308. The maximum absolute atomic E-state index is 13.0. The molecule has 3 aromatic carbocycles. The van der Waals surface area contributed by atoms with Crippen molar-refractivity contribution in [2.75, 3.05) is 25.6 Å². The number of hydrogen-bond donors (Lipinski definition) is 1. The number of para-hydroxylation sites is 1. The van der Waals surface area contributed by atoms with Crippen LogP contribution in [0.4, 0.5) is 5.00 Å². The van der Waals surface area contributed by atoms with E-state index in [2.05, 4.69) is 40.5 Å². The van der Waals surface area contributed by atoms with Crippen LogP contribution in [0, 0.1) is 0 Å². The van der Waals surface area contributed by atoms with E-state index < -0.39 is 0 Å². The molecule has 5 aromatic rings.